The zero-order valence-corrected chi connectivity index (χ0v) is 12.6. The van der Waals surface area contributed by atoms with Crippen LogP contribution in [0.25, 0.3) is 0 Å². The lowest BCUT2D eigenvalue weighted by atomic mass is 10.1. The fourth-order valence-electron chi connectivity index (χ4n) is 2.23. The minimum absolute atomic E-state index is 0.0326. The number of ether oxygens (including phenoxy) is 1. The van der Waals surface area contributed by atoms with Gasteiger partial charge in [-0.1, -0.05) is 22.0 Å². The molecule has 1 heterocycles. The second-order valence-corrected chi connectivity index (χ2v) is 5.76. The minimum Gasteiger partial charge on any atom is -0.364 e. The third-order valence-electron chi connectivity index (χ3n) is 3.42. The summed E-state index contributed by atoms with van der Waals surface area (Å²) >= 11 is 3.43. The van der Waals surface area contributed by atoms with Crippen LogP contribution in [0.2, 0.25) is 0 Å². The van der Waals surface area contributed by atoms with Gasteiger partial charge in [0.1, 0.15) is 6.10 Å². The first-order valence-electron chi connectivity index (χ1n) is 6.48. The first kappa shape index (κ1) is 14.5. The molecule has 104 valence electrons. The van der Waals surface area contributed by atoms with Gasteiger partial charge >= 0.3 is 0 Å². The van der Waals surface area contributed by atoms with E-state index in [9.17, 15) is 4.79 Å². The number of halogens is 1. The molecule has 2 atom stereocenters. The van der Waals surface area contributed by atoms with E-state index in [1.54, 1.807) is 0 Å². The third kappa shape index (κ3) is 3.78. The summed E-state index contributed by atoms with van der Waals surface area (Å²) < 4.78 is 6.61. The number of carbonyl (C=O) groups excluding carboxylic acids is 1. The van der Waals surface area contributed by atoms with Gasteiger partial charge in [-0.05, 0) is 43.0 Å². The molecule has 3 N–H and O–H groups in total. The molecule has 0 unspecified atom stereocenters. The van der Waals surface area contributed by atoms with E-state index in [-0.39, 0.29) is 18.1 Å². The van der Waals surface area contributed by atoms with E-state index in [0.717, 1.165) is 28.4 Å². The molecule has 0 aliphatic carbocycles. The zero-order chi connectivity index (χ0) is 13.8. The topological polar surface area (TPSA) is 64.4 Å². The maximum atomic E-state index is 12.0. The molecule has 0 radical (unpaired) electrons. The quantitative estimate of drug-likeness (QED) is 0.887. The van der Waals surface area contributed by atoms with Gasteiger partial charge in [0.15, 0.2) is 0 Å². The van der Waals surface area contributed by atoms with Crippen molar-refractivity contribution in [2.75, 3.05) is 6.54 Å². The predicted octanol–water partition coefficient (Wildman–Crippen LogP) is 1.88. The molecule has 1 fully saturated rings. The van der Waals surface area contributed by atoms with Crippen LogP contribution in [-0.4, -0.2) is 24.7 Å². The monoisotopic (exact) mass is 326 g/mol. The Labute approximate surface area is 121 Å². The van der Waals surface area contributed by atoms with Crippen LogP contribution in [0.4, 0.5) is 0 Å². The first-order chi connectivity index (χ1) is 9.10. The molecule has 5 heteroatoms. The number of hydrogen-bond donors (Lipinski definition) is 2. The Kier molecular flexibility index (Phi) is 4.96. The lowest BCUT2D eigenvalue weighted by Crippen LogP contribution is -2.35. The molecule has 1 amide bonds. The number of nitrogens with one attached hydrogen (secondary N) is 1. The van der Waals surface area contributed by atoms with Crippen LogP contribution < -0.4 is 11.1 Å². The van der Waals surface area contributed by atoms with Gasteiger partial charge in [-0.15, -0.1) is 0 Å². The highest BCUT2D eigenvalue weighted by molar-refractivity contribution is 9.10. The van der Waals surface area contributed by atoms with Crippen molar-refractivity contribution in [3.63, 3.8) is 0 Å². The van der Waals surface area contributed by atoms with Crippen LogP contribution in [-0.2, 0) is 16.1 Å². The lowest BCUT2D eigenvalue weighted by Gasteiger charge is -2.13. The summed E-state index contributed by atoms with van der Waals surface area (Å²) in [5.41, 5.74) is 7.80. The summed E-state index contributed by atoms with van der Waals surface area (Å²) in [6.45, 7) is 3.05. The normalized spacial score (nSPS) is 22.5. The third-order valence-corrected chi connectivity index (χ3v) is 3.91. The molecule has 1 aromatic rings. The van der Waals surface area contributed by atoms with E-state index < -0.39 is 0 Å². The molecule has 19 heavy (non-hydrogen) atoms. The molecule has 1 aromatic carbocycles. The maximum absolute atomic E-state index is 12.0. The number of amides is 1. The molecule has 0 spiro atoms. The molecular formula is C14H19BrN2O2. The highest BCUT2D eigenvalue weighted by Crippen LogP contribution is 2.19. The zero-order valence-electron chi connectivity index (χ0n) is 11.0. The number of rotatable bonds is 4. The second-order valence-electron chi connectivity index (χ2n) is 4.85. The highest BCUT2D eigenvalue weighted by atomic mass is 79.9. The van der Waals surface area contributed by atoms with Crippen molar-refractivity contribution in [1.82, 2.24) is 5.32 Å². The summed E-state index contributed by atoms with van der Waals surface area (Å²) in [5.74, 6) is -0.0433. The summed E-state index contributed by atoms with van der Waals surface area (Å²) in [6.07, 6.45) is 1.31. The van der Waals surface area contributed by atoms with Gasteiger partial charge in [0.2, 0.25) is 5.91 Å². The average Bonchev–Trinajstić information content (AvgIpc) is 2.86. The van der Waals surface area contributed by atoms with Gasteiger partial charge in [-0.25, -0.2) is 0 Å². The van der Waals surface area contributed by atoms with Crippen molar-refractivity contribution in [2.45, 2.75) is 38.5 Å². The Morgan fingerprint density at radius 1 is 1.53 bits per heavy atom. The van der Waals surface area contributed by atoms with Crippen LogP contribution in [0.15, 0.2) is 22.7 Å². The Morgan fingerprint density at radius 2 is 2.32 bits per heavy atom. The van der Waals surface area contributed by atoms with Gasteiger partial charge < -0.3 is 15.8 Å². The van der Waals surface area contributed by atoms with E-state index in [4.69, 9.17) is 10.5 Å². The summed E-state index contributed by atoms with van der Waals surface area (Å²) in [4.78, 5) is 12.0. The van der Waals surface area contributed by atoms with Crippen LogP contribution in [0.1, 0.15) is 24.0 Å². The summed E-state index contributed by atoms with van der Waals surface area (Å²) in [6, 6.07) is 6.03. The Hall–Kier alpha value is -0.910. The van der Waals surface area contributed by atoms with Gasteiger partial charge in [0, 0.05) is 17.6 Å². The van der Waals surface area contributed by atoms with E-state index in [1.807, 2.05) is 25.1 Å². The largest absolute Gasteiger partial charge is 0.364 e. The number of nitrogens with two attached hydrogens (primary N) is 1. The number of benzene rings is 1. The summed E-state index contributed by atoms with van der Waals surface area (Å²) in [7, 11) is 0. The average molecular weight is 327 g/mol. The van der Waals surface area contributed by atoms with Crippen LogP contribution in [0, 0.1) is 6.92 Å². The minimum atomic E-state index is -0.343. The van der Waals surface area contributed by atoms with Crippen LogP contribution in [0.5, 0.6) is 0 Å². The van der Waals surface area contributed by atoms with E-state index >= 15 is 0 Å². The smallest absolute Gasteiger partial charge is 0.249 e. The SMILES string of the molecule is Cc1cc(Br)ccc1CNC(=O)[C@@H]1CC[C@H](CN)O1. The fourth-order valence-corrected chi connectivity index (χ4v) is 2.70. The molecule has 2 rings (SSSR count). The summed E-state index contributed by atoms with van der Waals surface area (Å²) in [5, 5.41) is 2.93. The van der Waals surface area contributed by atoms with Crippen LogP contribution >= 0.6 is 15.9 Å². The second kappa shape index (κ2) is 6.50. The van der Waals surface area contributed by atoms with Gasteiger partial charge in [0.05, 0.1) is 6.10 Å². The molecule has 4 nitrogen and oxygen atoms in total. The van der Waals surface area contributed by atoms with Crippen molar-refractivity contribution in [3.8, 4) is 0 Å². The van der Waals surface area contributed by atoms with E-state index in [0.29, 0.717) is 13.1 Å². The molecule has 1 aliphatic heterocycles. The molecular weight excluding hydrogens is 308 g/mol. The van der Waals surface area contributed by atoms with Crippen molar-refractivity contribution >= 4 is 21.8 Å². The number of aryl methyl sites for hydroxylation is 1. The molecule has 0 aromatic heterocycles. The number of hydrogen-bond acceptors (Lipinski definition) is 3. The van der Waals surface area contributed by atoms with E-state index in [1.165, 1.54) is 0 Å². The highest BCUT2D eigenvalue weighted by Gasteiger charge is 2.29. The fraction of sp³-hybridized carbons (Fsp3) is 0.500. The Morgan fingerprint density at radius 3 is 2.95 bits per heavy atom. The van der Waals surface area contributed by atoms with Crippen molar-refractivity contribution in [1.29, 1.82) is 0 Å². The van der Waals surface area contributed by atoms with Gasteiger partial charge in [-0.3, -0.25) is 4.79 Å². The maximum Gasteiger partial charge on any atom is 0.249 e. The number of carbonyl (C=O) groups is 1. The van der Waals surface area contributed by atoms with Crippen molar-refractivity contribution in [3.05, 3.63) is 33.8 Å². The van der Waals surface area contributed by atoms with Gasteiger partial charge in [0.25, 0.3) is 0 Å². The first-order valence-corrected chi connectivity index (χ1v) is 7.27. The van der Waals surface area contributed by atoms with Crippen molar-refractivity contribution < 1.29 is 9.53 Å². The molecule has 0 bridgehead atoms. The lowest BCUT2D eigenvalue weighted by molar-refractivity contribution is -0.132. The Balaban J connectivity index is 1.87. The standard InChI is InChI=1S/C14H19BrN2O2/c1-9-6-11(15)3-2-10(9)8-17-14(18)13-5-4-12(7-16)19-13/h2-3,6,12-13H,4-5,7-8,16H2,1H3,(H,17,18)/t12-,13+/m1/s1. The van der Waals surface area contributed by atoms with Gasteiger partial charge in [-0.2, -0.15) is 0 Å². The van der Waals surface area contributed by atoms with Crippen molar-refractivity contribution in [2.24, 2.45) is 5.73 Å². The van der Waals surface area contributed by atoms with E-state index in [2.05, 4.69) is 21.2 Å². The van der Waals surface area contributed by atoms with Crippen LogP contribution in [0.3, 0.4) is 0 Å². The molecule has 1 saturated heterocycles. The Bertz CT molecular complexity index is 465. The predicted molar refractivity (Wildman–Crippen MR) is 77.7 cm³/mol. The molecule has 0 saturated carbocycles. The molecule has 1 aliphatic rings.